The third-order valence-corrected chi connectivity index (χ3v) is 1.45. The van der Waals surface area contributed by atoms with Gasteiger partial charge in [-0.2, -0.15) is 0 Å². The minimum atomic E-state index is -1.31. The van der Waals surface area contributed by atoms with Crippen molar-refractivity contribution in [3.63, 3.8) is 0 Å². The maximum absolute atomic E-state index is 12.8. The smallest absolute Gasteiger partial charge is 0.150 e. The quantitative estimate of drug-likeness (QED) is 0.680. The minimum absolute atomic E-state index is 0.224. The number of halogens is 2. The van der Waals surface area contributed by atoms with E-state index in [1.54, 1.807) is 0 Å². The summed E-state index contributed by atoms with van der Waals surface area (Å²) in [4.78, 5) is 3.26. The second-order valence-corrected chi connectivity index (χ2v) is 2.27. The normalized spacial score (nSPS) is 13.0. The SMILES string of the molecule is NC[C@H](O)c1c(F)cncc1F. The summed E-state index contributed by atoms with van der Waals surface area (Å²) in [6.45, 7) is -0.224. The van der Waals surface area contributed by atoms with Crippen LogP contribution in [0.4, 0.5) is 8.78 Å². The molecule has 0 fully saturated rings. The Morgan fingerprint density at radius 1 is 1.42 bits per heavy atom. The van der Waals surface area contributed by atoms with Gasteiger partial charge in [-0.3, -0.25) is 4.98 Å². The van der Waals surface area contributed by atoms with Gasteiger partial charge in [0.25, 0.3) is 0 Å². The molecule has 1 aromatic heterocycles. The minimum Gasteiger partial charge on any atom is -0.387 e. The van der Waals surface area contributed by atoms with Crippen LogP contribution in [0, 0.1) is 11.6 Å². The van der Waals surface area contributed by atoms with E-state index in [9.17, 15) is 8.78 Å². The molecular weight excluding hydrogens is 166 g/mol. The zero-order valence-electron chi connectivity index (χ0n) is 6.17. The summed E-state index contributed by atoms with van der Waals surface area (Å²) in [5.41, 5.74) is 4.61. The van der Waals surface area contributed by atoms with Gasteiger partial charge in [-0.15, -0.1) is 0 Å². The Bertz CT molecular complexity index is 260. The van der Waals surface area contributed by atoms with Gasteiger partial charge in [0.2, 0.25) is 0 Å². The molecule has 0 aliphatic carbocycles. The van der Waals surface area contributed by atoms with Crippen molar-refractivity contribution in [2.45, 2.75) is 6.10 Å². The maximum atomic E-state index is 12.8. The summed E-state index contributed by atoms with van der Waals surface area (Å²) >= 11 is 0. The molecular formula is C7H8F2N2O. The van der Waals surface area contributed by atoms with Crippen molar-refractivity contribution in [2.24, 2.45) is 5.73 Å². The van der Waals surface area contributed by atoms with E-state index in [1.165, 1.54) is 0 Å². The molecule has 0 radical (unpaired) electrons. The lowest BCUT2D eigenvalue weighted by Gasteiger charge is -2.08. The van der Waals surface area contributed by atoms with E-state index in [2.05, 4.69) is 4.98 Å². The second kappa shape index (κ2) is 3.55. The molecule has 1 atom stereocenters. The van der Waals surface area contributed by atoms with Crippen LogP contribution in [0.3, 0.4) is 0 Å². The largest absolute Gasteiger partial charge is 0.387 e. The molecule has 1 heterocycles. The van der Waals surface area contributed by atoms with Gasteiger partial charge >= 0.3 is 0 Å². The standard InChI is InChI=1S/C7H8F2N2O/c8-4-2-11-3-5(9)7(4)6(12)1-10/h2-3,6,12H,1,10H2/t6-/m0/s1. The molecule has 12 heavy (non-hydrogen) atoms. The van der Waals surface area contributed by atoms with Crippen LogP contribution in [0.2, 0.25) is 0 Å². The molecule has 3 nitrogen and oxygen atoms in total. The fourth-order valence-corrected chi connectivity index (χ4v) is 0.857. The van der Waals surface area contributed by atoms with Crippen LogP contribution < -0.4 is 5.73 Å². The first kappa shape index (κ1) is 9.02. The van der Waals surface area contributed by atoms with Gasteiger partial charge in [0, 0.05) is 6.54 Å². The first-order valence-corrected chi connectivity index (χ1v) is 3.34. The van der Waals surface area contributed by atoms with Crippen molar-refractivity contribution in [1.29, 1.82) is 0 Å². The molecule has 1 rings (SSSR count). The molecule has 66 valence electrons. The number of nitrogens with two attached hydrogens (primary N) is 1. The number of hydrogen-bond acceptors (Lipinski definition) is 3. The van der Waals surface area contributed by atoms with Gasteiger partial charge in [0.1, 0.15) is 11.6 Å². The summed E-state index contributed by atoms with van der Waals surface area (Å²) in [5.74, 6) is -1.76. The fourth-order valence-electron chi connectivity index (χ4n) is 0.857. The molecule has 0 bridgehead atoms. The highest BCUT2D eigenvalue weighted by Gasteiger charge is 2.16. The Balaban J connectivity index is 3.12. The van der Waals surface area contributed by atoms with Gasteiger partial charge in [-0.1, -0.05) is 0 Å². The number of aliphatic hydroxyl groups is 1. The van der Waals surface area contributed by atoms with Crippen molar-refractivity contribution in [1.82, 2.24) is 4.98 Å². The highest BCUT2D eigenvalue weighted by molar-refractivity contribution is 5.18. The topological polar surface area (TPSA) is 59.1 Å². The third-order valence-electron chi connectivity index (χ3n) is 1.45. The zero-order chi connectivity index (χ0) is 9.14. The van der Waals surface area contributed by atoms with Crippen LogP contribution in [0.1, 0.15) is 11.7 Å². The van der Waals surface area contributed by atoms with Gasteiger partial charge in [-0.05, 0) is 0 Å². The fraction of sp³-hybridized carbons (Fsp3) is 0.286. The molecule has 0 saturated carbocycles. The van der Waals surface area contributed by atoms with E-state index in [-0.39, 0.29) is 6.54 Å². The Morgan fingerprint density at radius 3 is 2.33 bits per heavy atom. The first-order chi connectivity index (χ1) is 5.66. The zero-order valence-corrected chi connectivity index (χ0v) is 6.17. The molecule has 0 saturated heterocycles. The van der Waals surface area contributed by atoms with Crippen molar-refractivity contribution in [3.05, 3.63) is 29.6 Å². The maximum Gasteiger partial charge on any atom is 0.150 e. The predicted octanol–water partition coefficient (Wildman–Crippen LogP) is 0.352. The molecule has 0 aliphatic heterocycles. The molecule has 0 aliphatic rings. The second-order valence-electron chi connectivity index (χ2n) is 2.27. The van der Waals surface area contributed by atoms with Crippen molar-refractivity contribution < 1.29 is 13.9 Å². The number of aliphatic hydroxyl groups excluding tert-OH is 1. The van der Waals surface area contributed by atoms with Crippen LogP contribution in [0.5, 0.6) is 0 Å². The van der Waals surface area contributed by atoms with Crippen LogP contribution in [-0.4, -0.2) is 16.6 Å². The monoisotopic (exact) mass is 174 g/mol. The molecule has 0 spiro atoms. The van der Waals surface area contributed by atoms with Gasteiger partial charge in [0.15, 0.2) is 0 Å². The average Bonchev–Trinajstić information content (AvgIpc) is 2.03. The predicted molar refractivity (Wildman–Crippen MR) is 38.2 cm³/mol. The molecule has 3 N–H and O–H groups in total. The first-order valence-electron chi connectivity index (χ1n) is 3.34. The van der Waals surface area contributed by atoms with Crippen molar-refractivity contribution >= 4 is 0 Å². The third kappa shape index (κ3) is 1.57. The highest BCUT2D eigenvalue weighted by Crippen LogP contribution is 2.17. The lowest BCUT2D eigenvalue weighted by molar-refractivity contribution is 0.176. The number of rotatable bonds is 2. The highest BCUT2D eigenvalue weighted by atomic mass is 19.1. The molecule has 5 heteroatoms. The summed E-state index contributed by atoms with van der Waals surface area (Å²) < 4.78 is 25.5. The van der Waals surface area contributed by atoms with E-state index in [1.807, 2.05) is 0 Å². The average molecular weight is 174 g/mol. The van der Waals surface area contributed by atoms with E-state index in [4.69, 9.17) is 10.8 Å². The number of pyridine rings is 1. The molecule has 0 unspecified atom stereocenters. The molecule has 0 aromatic carbocycles. The van der Waals surface area contributed by atoms with E-state index < -0.39 is 23.3 Å². The van der Waals surface area contributed by atoms with Crippen LogP contribution in [-0.2, 0) is 0 Å². The Hall–Kier alpha value is -1.07. The number of nitrogens with zero attached hydrogens (tertiary/aromatic N) is 1. The Labute approximate surface area is 67.8 Å². The van der Waals surface area contributed by atoms with Gasteiger partial charge < -0.3 is 10.8 Å². The van der Waals surface area contributed by atoms with Crippen LogP contribution in [0.25, 0.3) is 0 Å². The van der Waals surface area contributed by atoms with Crippen molar-refractivity contribution in [3.8, 4) is 0 Å². The number of aromatic nitrogens is 1. The van der Waals surface area contributed by atoms with E-state index in [0.717, 1.165) is 12.4 Å². The van der Waals surface area contributed by atoms with E-state index >= 15 is 0 Å². The summed E-state index contributed by atoms with van der Waals surface area (Å²) in [6, 6.07) is 0. The Morgan fingerprint density at radius 2 is 1.92 bits per heavy atom. The van der Waals surface area contributed by atoms with E-state index in [0.29, 0.717) is 0 Å². The summed E-state index contributed by atoms with van der Waals surface area (Å²) in [7, 11) is 0. The van der Waals surface area contributed by atoms with Crippen LogP contribution in [0.15, 0.2) is 12.4 Å². The summed E-state index contributed by atoms with van der Waals surface area (Å²) in [5, 5.41) is 9.06. The van der Waals surface area contributed by atoms with Gasteiger partial charge in [0.05, 0.1) is 24.1 Å². The molecule has 0 amide bonds. The number of hydrogen-bond donors (Lipinski definition) is 2. The van der Waals surface area contributed by atoms with Crippen molar-refractivity contribution in [2.75, 3.05) is 6.54 Å². The Kier molecular flexibility index (Phi) is 2.67. The van der Waals surface area contributed by atoms with Gasteiger partial charge in [-0.25, -0.2) is 8.78 Å². The lowest BCUT2D eigenvalue weighted by atomic mass is 10.1. The lowest BCUT2D eigenvalue weighted by Crippen LogP contribution is -2.15. The molecule has 1 aromatic rings. The summed E-state index contributed by atoms with van der Waals surface area (Å²) in [6.07, 6.45) is 0.349. The van der Waals surface area contributed by atoms with Crippen LogP contribution >= 0.6 is 0 Å².